The summed E-state index contributed by atoms with van der Waals surface area (Å²) in [5.74, 6) is -0.747. The van der Waals surface area contributed by atoms with Crippen molar-refractivity contribution in [3.8, 4) is 0 Å². The predicted molar refractivity (Wildman–Crippen MR) is 64.1 cm³/mol. The maximum atomic E-state index is 12.2. The van der Waals surface area contributed by atoms with Crippen LogP contribution in [0.1, 0.15) is 24.4 Å². The number of amides is 2. The van der Waals surface area contributed by atoms with Crippen molar-refractivity contribution in [2.45, 2.75) is 24.9 Å². The number of carbonyl (C=O) groups is 2. The Balaban J connectivity index is 2.13. The lowest BCUT2D eigenvalue weighted by molar-refractivity contribution is -0.138. The summed E-state index contributed by atoms with van der Waals surface area (Å²) in [4.78, 5) is 24.9. The van der Waals surface area contributed by atoms with Gasteiger partial charge in [0.1, 0.15) is 12.1 Å². The third kappa shape index (κ3) is 2.21. The second-order valence-electron chi connectivity index (χ2n) is 4.52. The van der Waals surface area contributed by atoms with Crippen LogP contribution in [-0.4, -0.2) is 39.1 Å². The quantitative estimate of drug-likeness (QED) is 0.710. The highest BCUT2D eigenvalue weighted by atomic mass is 16.2. The van der Waals surface area contributed by atoms with Gasteiger partial charge in [-0.1, -0.05) is 0 Å². The van der Waals surface area contributed by atoms with Gasteiger partial charge in [0.15, 0.2) is 0 Å². The Labute approximate surface area is 105 Å². The summed E-state index contributed by atoms with van der Waals surface area (Å²) in [6, 6.07) is -1.32. The minimum atomic E-state index is -0.793. The molecule has 7 heteroatoms. The predicted octanol–water partition coefficient (Wildman–Crippen LogP) is -1.10. The zero-order valence-electron chi connectivity index (χ0n) is 10.2. The van der Waals surface area contributed by atoms with Gasteiger partial charge in [0.05, 0.1) is 6.20 Å². The van der Waals surface area contributed by atoms with Crippen molar-refractivity contribution in [1.82, 2.24) is 14.7 Å². The van der Waals surface area contributed by atoms with Crippen molar-refractivity contribution in [1.29, 1.82) is 0 Å². The molecule has 1 aliphatic heterocycles. The zero-order valence-corrected chi connectivity index (χ0v) is 10.2. The molecule has 0 aliphatic carbocycles. The summed E-state index contributed by atoms with van der Waals surface area (Å²) in [5.41, 5.74) is 11.8. The van der Waals surface area contributed by atoms with Crippen molar-refractivity contribution < 1.29 is 9.59 Å². The molecule has 0 aromatic carbocycles. The Morgan fingerprint density at radius 3 is 2.83 bits per heavy atom. The van der Waals surface area contributed by atoms with E-state index in [2.05, 4.69) is 5.10 Å². The first kappa shape index (κ1) is 12.6. The number of hydrogen-bond donors (Lipinski definition) is 2. The lowest BCUT2D eigenvalue weighted by Gasteiger charge is -2.24. The first-order chi connectivity index (χ1) is 8.50. The molecule has 2 unspecified atom stereocenters. The van der Waals surface area contributed by atoms with Gasteiger partial charge in [-0.05, 0) is 12.8 Å². The van der Waals surface area contributed by atoms with Crippen molar-refractivity contribution in [2.75, 3.05) is 6.54 Å². The normalized spacial score (nSPS) is 21.0. The third-order valence-electron chi connectivity index (χ3n) is 3.21. The Morgan fingerprint density at radius 2 is 2.28 bits per heavy atom. The molecule has 18 heavy (non-hydrogen) atoms. The molecule has 0 saturated carbocycles. The van der Waals surface area contributed by atoms with Gasteiger partial charge in [0.25, 0.3) is 0 Å². The second kappa shape index (κ2) is 4.77. The highest BCUT2D eigenvalue weighted by molar-refractivity contribution is 5.90. The Morgan fingerprint density at radius 1 is 1.56 bits per heavy atom. The first-order valence-electron chi connectivity index (χ1n) is 5.84. The van der Waals surface area contributed by atoms with Crippen LogP contribution in [0, 0.1) is 0 Å². The van der Waals surface area contributed by atoms with Crippen LogP contribution in [0.15, 0.2) is 12.4 Å². The van der Waals surface area contributed by atoms with Crippen molar-refractivity contribution >= 4 is 11.8 Å². The molecule has 0 radical (unpaired) electrons. The van der Waals surface area contributed by atoms with Crippen LogP contribution in [0.25, 0.3) is 0 Å². The van der Waals surface area contributed by atoms with Crippen LogP contribution in [0.5, 0.6) is 0 Å². The summed E-state index contributed by atoms with van der Waals surface area (Å²) in [5, 5.41) is 3.98. The maximum Gasteiger partial charge on any atom is 0.244 e. The zero-order chi connectivity index (χ0) is 13.3. The van der Waals surface area contributed by atoms with Gasteiger partial charge in [0, 0.05) is 25.4 Å². The summed E-state index contributed by atoms with van der Waals surface area (Å²) in [6.07, 6.45) is 4.63. The average Bonchev–Trinajstić information content (AvgIpc) is 2.95. The number of aryl methyl sites for hydroxylation is 1. The van der Waals surface area contributed by atoms with Crippen molar-refractivity contribution in [3.63, 3.8) is 0 Å². The topological polar surface area (TPSA) is 107 Å². The van der Waals surface area contributed by atoms with E-state index >= 15 is 0 Å². The number of nitrogens with two attached hydrogens (primary N) is 2. The monoisotopic (exact) mass is 251 g/mol. The van der Waals surface area contributed by atoms with Crippen LogP contribution in [0.2, 0.25) is 0 Å². The standard InChI is InChI=1S/C11H17N5O2/c1-15-6-7(5-14-15)9(12)11(18)16-4-2-3-8(16)10(13)17/h5-6,8-9H,2-4,12H2,1H3,(H2,13,17). The number of primary amides is 1. The minimum absolute atomic E-state index is 0.274. The highest BCUT2D eigenvalue weighted by Crippen LogP contribution is 2.21. The molecule has 1 fully saturated rings. The van der Waals surface area contributed by atoms with Gasteiger partial charge in [-0.2, -0.15) is 5.10 Å². The molecule has 2 amide bonds. The van der Waals surface area contributed by atoms with Crippen molar-refractivity contribution in [2.24, 2.45) is 18.5 Å². The van der Waals surface area contributed by atoms with Gasteiger partial charge in [-0.15, -0.1) is 0 Å². The van der Waals surface area contributed by atoms with Gasteiger partial charge in [-0.3, -0.25) is 14.3 Å². The number of aromatic nitrogens is 2. The van der Waals surface area contributed by atoms with Crippen LogP contribution in [0.3, 0.4) is 0 Å². The van der Waals surface area contributed by atoms with E-state index in [0.29, 0.717) is 18.5 Å². The fraction of sp³-hybridized carbons (Fsp3) is 0.545. The summed E-state index contributed by atoms with van der Waals surface area (Å²) in [6.45, 7) is 0.528. The molecule has 0 bridgehead atoms. The van der Waals surface area contributed by atoms with Gasteiger partial charge < -0.3 is 16.4 Å². The highest BCUT2D eigenvalue weighted by Gasteiger charge is 2.35. The van der Waals surface area contributed by atoms with Crippen molar-refractivity contribution in [3.05, 3.63) is 18.0 Å². The van der Waals surface area contributed by atoms with E-state index in [1.54, 1.807) is 24.1 Å². The number of nitrogens with zero attached hydrogens (tertiary/aromatic N) is 3. The molecule has 1 aromatic rings. The summed E-state index contributed by atoms with van der Waals surface area (Å²) >= 11 is 0. The molecule has 0 spiro atoms. The molecule has 2 rings (SSSR count). The smallest absolute Gasteiger partial charge is 0.244 e. The van der Waals surface area contributed by atoms with Gasteiger partial charge >= 0.3 is 0 Å². The minimum Gasteiger partial charge on any atom is -0.368 e. The molecule has 2 atom stereocenters. The maximum absolute atomic E-state index is 12.2. The van der Waals surface area contributed by atoms with Crippen LogP contribution in [-0.2, 0) is 16.6 Å². The van der Waals surface area contributed by atoms with Crippen LogP contribution in [0.4, 0.5) is 0 Å². The molecule has 4 N–H and O–H groups in total. The fourth-order valence-corrected chi connectivity index (χ4v) is 2.25. The second-order valence-corrected chi connectivity index (χ2v) is 4.52. The fourth-order valence-electron chi connectivity index (χ4n) is 2.25. The van der Waals surface area contributed by atoms with Crippen LogP contribution >= 0.6 is 0 Å². The lowest BCUT2D eigenvalue weighted by atomic mass is 10.1. The molecule has 7 nitrogen and oxygen atoms in total. The van der Waals surface area contributed by atoms with Crippen LogP contribution < -0.4 is 11.5 Å². The Bertz CT molecular complexity index is 470. The first-order valence-corrected chi connectivity index (χ1v) is 5.84. The Kier molecular flexibility index (Phi) is 3.33. The van der Waals surface area contributed by atoms with E-state index in [4.69, 9.17) is 11.5 Å². The SMILES string of the molecule is Cn1cc(C(N)C(=O)N2CCCC2C(N)=O)cn1. The van der Waals surface area contributed by atoms with E-state index in [9.17, 15) is 9.59 Å². The van der Waals surface area contributed by atoms with E-state index in [1.165, 1.54) is 4.90 Å². The molecule has 1 aliphatic rings. The molecule has 2 heterocycles. The van der Waals surface area contributed by atoms with Gasteiger partial charge in [0.2, 0.25) is 11.8 Å². The number of likely N-dealkylation sites (tertiary alicyclic amines) is 1. The van der Waals surface area contributed by atoms with E-state index in [1.807, 2.05) is 0 Å². The van der Waals surface area contributed by atoms with Gasteiger partial charge in [-0.25, -0.2) is 0 Å². The summed E-state index contributed by atoms with van der Waals surface area (Å²) < 4.78 is 1.58. The Hall–Kier alpha value is -1.89. The number of hydrogen-bond acceptors (Lipinski definition) is 4. The average molecular weight is 251 g/mol. The molecular weight excluding hydrogens is 234 g/mol. The summed E-state index contributed by atoms with van der Waals surface area (Å²) in [7, 11) is 1.75. The van der Waals surface area contributed by atoms with E-state index in [0.717, 1.165) is 6.42 Å². The molecule has 1 saturated heterocycles. The third-order valence-corrected chi connectivity index (χ3v) is 3.21. The number of carbonyl (C=O) groups excluding carboxylic acids is 2. The molecule has 98 valence electrons. The largest absolute Gasteiger partial charge is 0.368 e. The van der Waals surface area contributed by atoms with E-state index < -0.39 is 18.0 Å². The molecular formula is C11H17N5O2. The van der Waals surface area contributed by atoms with E-state index in [-0.39, 0.29) is 5.91 Å². The molecule has 1 aromatic heterocycles. The lowest BCUT2D eigenvalue weighted by Crippen LogP contribution is -2.47. The number of rotatable bonds is 3.